The average molecular weight is 287 g/mol. The van der Waals surface area contributed by atoms with E-state index in [9.17, 15) is 9.59 Å². The van der Waals surface area contributed by atoms with Crippen molar-refractivity contribution in [3.05, 3.63) is 40.6 Å². The summed E-state index contributed by atoms with van der Waals surface area (Å²) in [6.45, 7) is 1.97. The third-order valence-electron chi connectivity index (χ3n) is 3.00. The predicted octanol–water partition coefficient (Wildman–Crippen LogP) is 0.600. The van der Waals surface area contributed by atoms with Gasteiger partial charge in [0.2, 0.25) is 0 Å². The molecule has 0 spiro atoms. The van der Waals surface area contributed by atoms with Crippen molar-refractivity contribution in [3.8, 4) is 11.3 Å². The second-order valence-electron chi connectivity index (χ2n) is 4.46. The minimum atomic E-state index is -0.522. The lowest BCUT2D eigenvalue weighted by atomic mass is 10.2. The Balaban J connectivity index is 2.23. The first-order valence-electron chi connectivity index (χ1n) is 6.37. The first kappa shape index (κ1) is 13.1. The smallest absolute Gasteiger partial charge is 0.343 e. The number of fused-ring (bicyclic) bond motifs is 1. The number of nitrogens with one attached hydrogen (secondary N) is 1. The highest BCUT2D eigenvalue weighted by molar-refractivity contribution is 5.95. The van der Waals surface area contributed by atoms with Crippen LogP contribution < -0.4 is 5.56 Å². The van der Waals surface area contributed by atoms with Gasteiger partial charge in [-0.25, -0.2) is 9.31 Å². The van der Waals surface area contributed by atoms with Crippen LogP contribution in [0.2, 0.25) is 0 Å². The monoisotopic (exact) mass is 287 g/mol. The fourth-order valence-electron chi connectivity index (χ4n) is 2.11. The summed E-state index contributed by atoms with van der Waals surface area (Å²) in [5.41, 5.74) is 1.48. The third-order valence-corrected chi connectivity index (χ3v) is 3.00. The molecule has 0 fully saturated rings. The Morgan fingerprint density at radius 1 is 1.38 bits per heavy atom. The Labute approximate surface area is 119 Å². The Bertz CT molecular complexity index is 873. The molecule has 3 aromatic rings. The highest BCUT2D eigenvalue weighted by Crippen LogP contribution is 2.19. The molecular weight excluding hydrogens is 274 g/mol. The lowest BCUT2D eigenvalue weighted by Crippen LogP contribution is -2.12. The van der Waals surface area contributed by atoms with Crippen molar-refractivity contribution in [3.63, 3.8) is 0 Å². The molecule has 8 nitrogen and oxygen atoms in total. The number of hydrogen-bond donors (Lipinski definition) is 1. The molecule has 0 unspecified atom stereocenters. The fourth-order valence-corrected chi connectivity index (χ4v) is 2.11. The van der Waals surface area contributed by atoms with Crippen molar-refractivity contribution in [2.45, 2.75) is 6.92 Å². The van der Waals surface area contributed by atoms with Gasteiger partial charge in [-0.2, -0.15) is 10.2 Å². The molecule has 0 aliphatic rings. The second kappa shape index (κ2) is 4.89. The number of aryl methyl sites for hydroxylation is 1. The summed E-state index contributed by atoms with van der Waals surface area (Å²) in [6, 6.07) is 1.41. The number of esters is 1. The van der Waals surface area contributed by atoms with Crippen LogP contribution in [0.3, 0.4) is 0 Å². The number of nitrogens with zero attached hydrogens (tertiary/aromatic N) is 4. The third kappa shape index (κ3) is 2.20. The molecule has 8 heteroatoms. The Morgan fingerprint density at radius 3 is 2.86 bits per heavy atom. The van der Waals surface area contributed by atoms with Crippen LogP contribution in [-0.4, -0.2) is 37.0 Å². The molecule has 0 atom stereocenters. The SMILES string of the molecule is CCOC(=O)c1cnn2c(-c3cnn(C)c3)cc(=O)[nH]c12. The number of carbonyl (C=O) groups is 1. The van der Waals surface area contributed by atoms with Crippen molar-refractivity contribution in [2.24, 2.45) is 7.05 Å². The molecule has 108 valence electrons. The Morgan fingerprint density at radius 2 is 2.19 bits per heavy atom. The van der Waals surface area contributed by atoms with Gasteiger partial charge >= 0.3 is 5.97 Å². The van der Waals surface area contributed by atoms with Crippen LogP contribution in [0.4, 0.5) is 0 Å². The molecule has 0 saturated heterocycles. The van der Waals surface area contributed by atoms with Gasteiger partial charge in [-0.15, -0.1) is 0 Å². The molecule has 21 heavy (non-hydrogen) atoms. The number of aromatic nitrogens is 5. The maximum Gasteiger partial charge on any atom is 0.343 e. The minimum absolute atomic E-state index is 0.222. The van der Waals surface area contributed by atoms with E-state index in [1.54, 1.807) is 31.0 Å². The van der Waals surface area contributed by atoms with Gasteiger partial charge in [-0.1, -0.05) is 0 Å². The quantitative estimate of drug-likeness (QED) is 0.712. The maximum atomic E-state index is 11.9. The molecule has 0 aliphatic carbocycles. The summed E-state index contributed by atoms with van der Waals surface area (Å²) in [4.78, 5) is 26.3. The highest BCUT2D eigenvalue weighted by atomic mass is 16.5. The Kier molecular flexibility index (Phi) is 3.05. The number of carbonyl (C=O) groups excluding carboxylic acids is 1. The van der Waals surface area contributed by atoms with E-state index in [-0.39, 0.29) is 17.7 Å². The van der Waals surface area contributed by atoms with Crippen molar-refractivity contribution in [1.29, 1.82) is 0 Å². The molecule has 0 radical (unpaired) electrons. The first-order valence-corrected chi connectivity index (χ1v) is 6.37. The Hall–Kier alpha value is -2.90. The standard InChI is InChI=1S/C13H13N5O3/c1-3-21-13(20)9-6-15-18-10(4-11(19)16-12(9)18)8-5-14-17(2)7-8/h4-7H,3H2,1-2H3,(H,16,19). The zero-order valence-electron chi connectivity index (χ0n) is 11.5. The summed E-state index contributed by atoms with van der Waals surface area (Å²) in [5, 5.41) is 8.23. The molecular formula is C13H13N5O3. The van der Waals surface area contributed by atoms with Gasteiger partial charge in [0.05, 0.1) is 24.7 Å². The lowest BCUT2D eigenvalue weighted by Gasteiger charge is -2.03. The van der Waals surface area contributed by atoms with E-state index in [4.69, 9.17) is 4.74 Å². The normalized spacial score (nSPS) is 11.0. The number of H-pyrrole nitrogens is 1. The van der Waals surface area contributed by atoms with Crippen molar-refractivity contribution >= 4 is 11.6 Å². The molecule has 3 heterocycles. The van der Waals surface area contributed by atoms with Gasteiger partial charge < -0.3 is 9.72 Å². The van der Waals surface area contributed by atoms with Crippen LogP contribution in [0.15, 0.2) is 29.5 Å². The largest absolute Gasteiger partial charge is 0.462 e. The van der Waals surface area contributed by atoms with E-state index in [1.165, 1.54) is 16.8 Å². The maximum absolute atomic E-state index is 11.9. The van der Waals surface area contributed by atoms with Crippen LogP contribution in [0.1, 0.15) is 17.3 Å². The summed E-state index contributed by atoms with van der Waals surface area (Å²) in [7, 11) is 1.78. The van der Waals surface area contributed by atoms with Crippen LogP contribution in [0.25, 0.3) is 16.9 Å². The zero-order valence-corrected chi connectivity index (χ0v) is 11.5. The highest BCUT2D eigenvalue weighted by Gasteiger charge is 2.17. The summed E-state index contributed by atoms with van der Waals surface area (Å²) in [6.07, 6.45) is 4.77. The van der Waals surface area contributed by atoms with Crippen LogP contribution in [-0.2, 0) is 11.8 Å². The number of rotatable bonds is 3. The summed E-state index contributed by atoms with van der Waals surface area (Å²) in [5.74, 6) is -0.522. The predicted molar refractivity (Wildman–Crippen MR) is 74.0 cm³/mol. The van der Waals surface area contributed by atoms with Crippen molar-refractivity contribution in [1.82, 2.24) is 24.4 Å². The topological polar surface area (TPSA) is 94.3 Å². The van der Waals surface area contributed by atoms with Gasteiger partial charge in [0.15, 0.2) is 5.65 Å². The van der Waals surface area contributed by atoms with Crippen LogP contribution in [0.5, 0.6) is 0 Å². The second-order valence-corrected chi connectivity index (χ2v) is 4.46. The van der Waals surface area contributed by atoms with Crippen LogP contribution >= 0.6 is 0 Å². The van der Waals surface area contributed by atoms with Crippen molar-refractivity contribution in [2.75, 3.05) is 6.61 Å². The van der Waals surface area contributed by atoms with E-state index in [1.807, 2.05) is 0 Å². The molecule has 0 amide bonds. The molecule has 3 aromatic heterocycles. The molecule has 3 rings (SSSR count). The van der Waals surface area contributed by atoms with Crippen LogP contribution in [0, 0.1) is 0 Å². The van der Waals surface area contributed by atoms with E-state index in [0.29, 0.717) is 11.3 Å². The zero-order chi connectivity index (χ0) is 15.0. The number of hydrogen-bond acceptors (Lipinski definition) is 5. The molecule has 0 aromatic carbocycles. The van der Waals surface area contributed by atoms with Crippen molar-refractivity contribution < 1.29 is 9.53 Å². The van der Waals surface area contributed by atoms with Gasteiger partial charge in [-0.05, 0) is 6.92 Å². The van der Waals surface area contributed by atoms with Gasteiger partial charge in [-0.3, -0.25) is 9.48 Å². The fraction of sp³-hybridized carbons (Fsp3) is 0.231. The lowest BCUT2D eigenvalue weighted by molar-refractivity contribution is 0.0528. The average Bonchev–Trinajstić information content (AvgIpc) is 3.04. The first-order chi connectivity index (χ1) is 10.1. The molecule has 0 bridgehead atoms. The van der Waals surface area contributed by atoms with Gasteiger partial charge in [0, 0.05) is 24.9 Å². The van der Waals surface area contributed by atoms with E-state index in [2.05, 4.69) is 15.2 Å². The summed E-state index contributed by atoms with van der Waals surface area (Å²) < 4.78 is 8.07. The summed E-state index contributed by atoms with van der Waals surface area (Å²) >= 11 is 0. The molecule has 0 saturated carbocycles. The molecule has 0 aliphatic heterocycles. The van der Waals surface area contributed by atoms with E-state index < -0.39 is 5.97 Å². The van der Waals surface area contributed by atoms with E-state index in [0.717, 1.165) is 5.56 Å². The van der Waals surface area contributed by atoms with E-state index >= 15 is 0 Å². The minimum Gasteiger partial charge on any atom is -0.462 e. The number of aromatic amines is 1. The molecule has 1 N–H and O–H groups in total. The van der Waals surface area contributed by atoms with Gasteiger partial charge in [0.25, 0.3) is 5.56 Å². The van der Waals surface area contributed by atoms with Gasteiger partial charge in [0.1, 0.15) is 5.56 Å². The number of ether oxygens (including phenoxy) is 1.